The molecular weight excluding hydrogens is 808 g/mol. The van der Waals surface area contributed by atoms with Crippen molar-refractivity contribution in [1.29, 1.82) is 0 Å². The Kier molecular flexibility index (Phi) is 31.7. The molecule has 0 radical (unpaired) electrons. The number of hydrogen-bond donors (Lipinski definition) is 0. The van der Waals surface area contributed by atoms with Crippen molar-refractivity contribution in [1.82, 2.24) is 0 Å². The van der Waals surface area contributed by atoms with Gasteiger partial charge in [0, 0.05) is 0 Å². The summed E-state index contributed by atoms with van der Waals surface area (Å²) < 4.78 is 75.0. The molecule has 0 heterocycles. The average Bonchev–Trinajstić information content (AvgIpc) is 2.01. The fraction of sp³-hybridized carbons (Fsp3) is 0. The first kappa shape index (κ1) is 33.0. The third-order valence-electron chi connectivity index (χ3n) is 0. The molecule has 19 heteroatoms. The Morgan fingerprint density at radius 1 is 0.526 bits per heavy atom. The Bertz CT molecular complexity index is 220. The van der Waals surface area contributed by atoms with Gasteiger partial charge in [-0.05, 0) is 0 Å². The van der Waals surface area contributed by atoms with E-state index >= 15 is 0 Å². The van der Waals surface area contributed by atoms with Gasteiger partial charge in [0.25, 0.3) is 0 Å². The van der Waals surface area contributed by atoms with Crippen LogP contribution in [0.15, 0.2) is 0 Å². The van der Waals surface area contributed by atoms with Crippen LogP contribution in [0.4, 0.5) is 16.8 Å². The van der Waals surface area contributed by atoms with Crippen LogP contribution in [0.5, 0.6) is 0 Å². The van der Waals surface area contributed by atoms with Gasteiger partial charge in [-0.3, -0.25) is 0 Å². The van der Waals surface area contributed by atoms with Crippen molar-refractivity contribution in [2.45, 2.75) is 0 Å². The van der Waals surface area contributed by atoms with Crippen molar-refractivity contribution in [3.05, 3.63) is 0 Å². The van der Waals surface area contributed by atoms with E-state index in [0.29, 0.717) is 0 Å². The predicted molar refractivity (Wildman–Crippen MR) is 28.4 cm³/mol. The van der Waals surface area contributed by atoms with Crippen LogP contribution < -0.4 is 29.4 Å². The van der Waals surface area contributed by atoms with E-state index in [1.54, 1.807) is 0 Å². The van der Waals surface area contributed by atoms with Crippen LogP contribution >= 0.6 is 23.7 Å². The molecule has 0 aromatic carbocycles. The Balaban J connectivity index is -0.0000000455. The van der Waals surface area contributed by atoms with Crippen LogP contribution in [0.25, 0.3) is 0 Å². The molecule has 0 aliphatic heterocycles. The first-order chi connectivity index (χ1) is 8.00. The summed E-state index contributed by atoms with van der Waals surface area (Å²) in [4.78, 5) is 50.6. The van der Waals surface area contributed by atoms with E-state index in [1.807, 2.05) is 0 Å². The number of halogens is 5. The zero-order chi connectivity index (χ0) is 17.5. The predicted octanol–water partition coefficient (Wildman–Crippen LogP) is -2.81. The molecule has 0 spiro atoms. The summed E-state index contributed by atoms with van der Waals surface area (Å²) in [6.45, 7) is 0. The maximum absolute atomic E-state index is 10.1. The molecule has 112 valence electrons. The molecular formula is F5O9P3U2. The normalized spacial score (nSPS) is 10.1. The van der Waals surface area contributed by atoms with Gasteiger partial charge in [0.05, 0.1) is 0 Å². The Labute approximate surface area is 142 Å². The number of hydrogen-bond acceptors (Lipinski definition) is 9. The second-order valence-corrected chi connectivity index (χ2v) is 3.88. The first-order valence-corrected chi connectivity index (χ1v) is 9.98. The van der Waals surface area contributed by atoms with Crippen molar-refractivity contribution in [3.63, 3.8) is 0 Å². The fourth-order valence-corrected chi connectivity index (χ4v) is 0. The van der Waals surface area contributed by atoms with Crippen molar-refractivity contribution >= 4 is 23.7 Å². The van der Waals surface area contributed by atoms with Crippen molar-refractivity contribution < 1.29 is 120 Å². The van der Waals surface area contributed by atoms with Gasteiger partial charge in [-0.25, -0.2) is 12.6 Å². The molecule has 0 aliphatic carbocycles. The van der Waals surface area contributed by atoms with E-state index in [0.717, 1.165) is 0 Å². The molecule has 0 amide bonds. The van der Waals surface area contributed by atoms with Crippen LogP contribution in [-0.2, 0) is 13.7 Å². The van der Waals surface area contributed by atoms with Gasteiger partial charge >= 0.3 is 64.4 Å². The van der Waals surface area contributed by atoms with E-state index in [1.165, 1.54) is 0 Å². The van der Waals surface area contributed by atoms with Gasteiger partial charge in [-0.15, -0.1) is 0 Å². The maximum atomic E-state index is 10.1. The van der Waals surface area contributed by atoms with Gasteiger partial charge in [-0.1, -0.05) is 0 Å². The van der Waals surface area contributed by atoms with Crippen molar-refractivity contribution in [3.8, 4) is 0 Å². The molecule has 0 aromatic rings. The SMILES string of the molecule is O=P([O-])([O-])F.O=P([O-])([O-])F.O=P([O-])([O-])F.[F][U+3].[F][U+3]. The van der Waals surface area contributed by atoms with Crippen LogP contribution in [-0.4, -0.2) is 0 Å². The van der Waals surface area contributed by atoms with Crippen molar-refractivity contribution in [2.75, 3.05) is 0 Å². The average molecular weight is 808 g/mol. The van der Waals surface area contributed by atoms with Gasteiger partial charge in [0.15, 0.2) is 0 Å². The van der Waals surface area contributed by atoms with E-state index in [4.69, 9.17) is 43.1 Å². The minimum atomic E-state index is -5.64. The Hall–Kier alpha value is 2.20. The summed E-state index contributed by atoms with van der Waals surface area (Å²) in [5, 5.41) is 0. The molecule has 0 rings (SSSR count). The van der Waals surface area contributed by atoms with Gasteiger partial charge in [0.2, 0.25) is 0 Å². The van der Waals surface area contributed by atoms with Crippen LogP contribution in [0.1, 0.15) is 0 Å². The van der Waals surface area contributed by atoms with E-state index < -0.39 is 23.7 Å². The standard InChI is InChI=1S/3FH2O3P.2FH.2U/c3*1-5(2,3)4;;;;/h3*(H2,2,3,4);2*1H;;/q;;;;;2*+4/p-8. The molecule has 0 saturated carbocycles. The summed E-state index contributed by atoms with van der Waals surface area (Å²) in [7, 11) is -16.9. The van der Waals surface area contributed by atoms with Crippen LogP contribution in [0.2, 0.25) is 0 Å². The summed E-state index contributed by atoms with van der Waals surface area (Å²) in [6.07, 6.45) is 0. The number of rotatable bonds is 0. The molecule has 19 heavy (non-hydrogen) atoms. The van der Waals surface area contributed by atoms with Crippen LogP contribution in [0, 0.1) is 60.2 Å². The van der Waals surface area contributed by atoms with Gasteiger partial charge in [-0.2, -0.15) is 0 Å². The molecule has 0 fully saturated rings. The molecule has 0 atom stereocenters. The van der Waals surface area contributed by atoms with Crippen molar-refractivity contribution in [2.24, 2.45) is 0 Å². The molecule has 0 unspecified atom stereocenters. The monoisotopic (exact) mass is 808 g/mol. The minimum absolute atomic E-state index is 0.342. The second-order valence-electron chi connectivity index (χ2n) is 1.29. The van der Waals surface area contributed by atoms with E-state index in [9.17, 15) is 16.8 Å². The van der Waals surface area contributed by atoms with Crippen LogP contribution in [0.3, 0.4) is 0 Å². The first-order valence-electron chi connectivity index (χ1n) is 2.53. The second kappa shape index (κ2) is 18.3. The molecule has 0 saturated heterocycles. The third-order valence-corrected chi connectivity index (χ3v) is 0. The summed E-state index contributed by atoms with van der Waals surface area (Å²) >= 11 is -0.684. The Morgan fingerprint density at radius 2 is 0.526 bits per heavy atom. The molecule has 0 N–H and O–H groups in total. The zero-order valence-corrected chi connectivity index (χ0v) is 18.9. The van der Waals surface area contributed by atoms with Gasteiger partial charge in [0.1, 0.15) is 23.7 Å². The Morgan fingerprint density at radius 3 is 0.526 bits per heavy atom. The summed E-state index contributed by atoms with van der Waals surface area (Å²) in [6, 6.07) is 0. The topological polar surface area (TPSA) is 190 Å². The quantitative estimate of drug-likeness (QED) is 0.184. The van der Waals surface area contributed by atoms with E-state index in [-0.39, 0.29) is 60.2 Å². The third kappa shape index (κ3) is 1380. The zero-order valence-electron chi connectivity index (χ0n) is 7.91. The molecule has 9 nitrogen and oxygen atoms in total. The molecule has 0 aromatic heterocycles. The fourth-order valence-electron chi connectivity index (χ4n) is 0. The molecule has 0 aliphatic rings. The van der Waals surface area contributed by atoms with E-state index in [2.05, 4.69) is 0 Å². The van der Waals surface area contributed by atoms with Gasteiger partial charge < -0.3 is 43.1 Å². The summed E-state index contributed by atoms with van der Waals surface area (Å²) in [5.74, 6) is 0. The summed E-state index contributed by atoms with van der Waals surface area (Å²) in [5.41, 5.74) is 0. The molecule has 0 bridgehead atoms.